The van der Waals surface area contributed by atoms with Gasteiger partial charge in [0.2, 0.25) is 23.6 Å². The highest BCUT2D eigenvalue weighted by molar-refractivity contribution is 5.97. The maximum atomic E-state index is 15.3. The van der Waals surface area contributed by atoms with E-state index >= 15 is 4.79 Å². The van der Waals surface area contributed by atoms with Crippen LogP contribution in [0.3, 0.4) is 0 Å². The van der Waals surface area contributed by atoms with Gasteiger partial charge in [0.1, 0.15) is 18.1 Å². The molecule has 4 amide bonds. The summed E-state index contributed by atoms with van der Waals surface area (Å²) >= 11 is 0. The topological polar surface area (TPSA) is 126 Å². The summed E-state index contributed by atoms with van der Waals surface area (Å²) in [6, 6.07) is -2.02. The van der Waals surface area contributed by atoms with E-state index < -0.39 is 29.6 Å². The number of piperazine rings is 1. The van der Waals surface area contributed by atoms with Gasteiger partial charge in [0, 0.05) is 54.9 Å². The Balaban J connectivity index is 1.26. The number of hydrogen-bond acceptors (Lipinski definition) is 7. The lowest BCUT2D eigenvalue weighted by molar-refractivity contribution is -0.144. The van der Waals surface area contributed by atoms with Gasteiger partial charge in [0.05, 0.1) is 12.1 Å². The van der Waals surface area contributed by atoms with E-state index in [9.17, 15) is 14.4 Å². The summed E-state index contributed by atoms with van der Waals surface area (Å²) < 4.78 is 0. The summed E-state index contributed by atoms with van der Waals surface area (Å²) in [5.41, 5.74) is 0.500. The fourth-order valence-corrected chi connectivity index (χ4v) is 11.7. The van der Waals surface area contributed by atoms with Crippen molar-refractivity contribution < 1.29 is 19.2 Å². The normalized spacial score (nSPS) is 29.0. The quantitative estimate of drug-likeness (QED) is 0.161. The summed E-state index contributed by atoms with van der Waals surface area (Å²) in [6.45, 7) is 29.1. The molecule has 6 rings (SSSR count). The van der Waals surface area contributed by atoms with Crippen molar-refractivity contribution in [1.82, 2.24) is 36.0 Å². The Labute approximate surface area is 344 Å². The van der Waals surface area contributed by atoms with Crippen LogP contribution in [0, 0.1) is 27.6 Å². The molecule has 2 saturated heterocycles. The van der Waals surface area contributed by atoms with Crippen LogP contribution >= 0.6 is 0 Å². The van der Waals surface area contributed by atoms with Gasteiger partial charge in [0.25, 0.3) is 0 Å². The van der Waals surface area contributed by atoms with Crippen molar-refractivity contribution in [2.75, 3.05) is 33.2 Å². The minimum atomic E-state index is -0.852. The van der Waals surface area contributed by atoms with Crippen molar-refractivity contribution in [2.45, 2.75) is 181 Å². The van der Waals surface area contributed by atoms with Crippen molar-refractivity contribution in [3.05, 3.63) is 24.4 Å². The number of likely N-dealkylation sites (tertiary alicyclic amines) is 1. The second kappa shape index (κ2) is 16.6. The number of nitrogens with one attached hydrogen (secondary N) is 4. The molecular weight excluding hydrogens is 715 g/mol. The predicted octanol–water partition coefficient (Wildman–Crippen LogP) is 5.51. The van der Waals surface area contributed by atoms with Crippen LogP contribution in [0.4, 0.5) is 0 Å². The molecule has 2 spiro atoms. The first-order chi connectivity index (χ1) is 26.8. The van der Waals surface area contributed by atoms with Crippen molar-refractivity contribution in [1.29, 1.82) is 0 Å². The second-order valence-corrected chi connectivity index (χ2v) is 20.9. The number of fused-ring (bicyclic) bond motifs is 1. The van der Waals surface area contributed by atoms with Gasteiger partial charge in [0.15, 0.2) is 0 Å². The number of likely N-dealkylation sites (N-methyl/N-ethyl adjacent to an activating group) is 1. The molecule has 4 N–H and O–H groups in total. The van der Waals surface area contributed by atoms with Crippen LogP contribution in [0.15, 0.2) is 24.4 Å². The Hall–Kier alpha value is -2.92. The van der Waals surface area contributed by atoms with Gasteiger partial charge < -0.3 is 31.1 Å². The first kappa shape index (κ1) is 43.7. The van der Waals surface area contributed by atoms with Crippen LogP contribution in [-0.2, 0) is 19.2 Å². The van der Waals surface area contributed by atoms with Crippen LogP contribution in [0.2, 0.25) is 0 Å². The lowest BCUT2D eigenvalue weighted by atomic mass is 9.73. The Morgan fingerprint density at radius 3 is 2.07 bits per heavy atom. The maximum Gasteiger partial charge on any atom is 0.248 e. The lowest BCUT2D eigenvalue weighted by Crippen LogP contribution is -2.62. The maximum absolute atomic E-state index is 15.3. The Bertz CT molecular complexity index is 1550. The zero-order valence-corrected chi connectivity index (χ0v) is 37.0. The van der Waals surface area contributed by atoms with Gasteiger partial charge >= 0.3 is 0 Å². The third-order valence-corrected chi connectivity index (χ3v) is 15.8. The Morgan fingerprint density at radius 1 is 0.860 bits per heavy atom. The number of hydrogen-bond donors (Lipinski definition) is 4. The average Bonchev–Trinajstić information content (AvgIpc) is 3.96. The molecule has 0 bridgehead atoms. The molecule has 0 aromatic rings. The van der Waals surface area contributed by atoms with Crippen LogP contribution < -0.4 is 21.3 Å². The summed E-state index contributed by atoms with van der Waals surface area (Å²) in [5, 5.41) is 13.2. The molecule has 6 atom stereocenters. The van der Waals surface area contributed by atoms with Crippen molar-refractivity contribution in [2.24, 2.45) is 27.6 Å². The highest BCUT2D eigenvalue weighted by Crippen LogP contribution is 2.88. The average molecular weight is 792 g/mol. The molecule has 0 aromatic carbocycles. The highest BCUT2D eigenvalue weighted by atomic mass is 16.2. The number of nitrogens with zero attached hydrogens (tertiary/aromatic N) is 3. The molecule has 2 aliphatic heterocycles. The van der Waals surface area contributed by atoms with E-state index in [4.69, 9.17) is 0 Å². The first-order valence-corrected chi connectivity index (χ1v) is 22.6. The molecule has 6 aliphatic rings. The summed E-state index contributed by atoms with van der Waals surface area (Å²) in [6.07, 6.45) is 12.5. The van der Waals surface area contributed by atoms with Gasteiger partial charge in [-0.15, -0.1) is 0 Å². The van der Waals surface area contributed by atoms with Gasteiger partial charge in [-0.1, -0.05) is 86.8 Å². The summed E-state index contributed by atoms with van der Waals surface area (Å²) in [5.74, 6) is -0.700. The van der Waals surface area contributed by atoms with Crippen molar-refractivity contribution in [3.63, 3.8) is 0 Å². The fraction of sp³-hybridized carbons (Fsp3) is 0.826. The number of carbonyl (C=O) groups is 4. The molecule has 4 saturated carbocycles. The molecule has 11 heteroatoms. The van der Waals surface area contributed by atoms with Crippen LogP contribution in [0.25, 0.3) is 0 Å². The molecular formula is C46H77N7O4. The van der Waals surface area contributed by atoms with Crippen LogP contribution in [0.1, 0.15) is 139 Å². The van der Waals surface area contributed by atoms with Crippen LogP contribution in [-0.4, -0.2) is 114 Å². The van der Waals surface area contributed by atoms with E-state index in [0.717, 1.165) is 89.5 Å². The number of carbonyl (C=O) groups excluding carboxylic acids is 4. The molecule has 1 unspecified atom stereocenters. The molecule has 320 valence electrons. The van der Waals surface area contributed by atoms with E-state index in [1.54, 1.807) is 0 Å². The minimum absolute atomic E-state index is 0.0176. The third-order valence-electron chi connectivity index (χ3n) is 15.8. The molecule has 57 heavy (non-hydrogen) atoms. The van der Waals surface area contributed by atoms with Crippen molar-refractivity contribution in [3.8, 4) is 0 Å². The van der Waals surface area contributed by atoms with Gasteiger partial charge in [-0.3, -0.25) is 24.1 Å². The largest absolute Gasteiger partial charge is 0.376 e. The molecule has 2 heterocycles. The van der Waals surface area contributed by atoms with Crippen LogP contribution in [0.5, 0.6) is 0 Å². The van der Waals surface area contributed by atoms with Gasteiger partial charge in [-0.05, 0) is 94.4 Å². The van der Waals surface area contributed by atoms with E-state index in [1.807, 2.05) is 32.6 Å². The lowest BCUT2D eigenvalue weighted by Gasteiger charge is -2.44. The number of rotatable bonds is 15. The molecule has 6 fully saturated rings. The second-order valence-electron chi connectivity index (χ2n) is 20.9. The van der Waals surface area contributed by atoms with E-state index in [1.165, 1.54) is 6.42 Å². The van der Waals surface area contributed by atoms with Gasteiger partial charge in [-0.25, -0.2) is 0 Å². The zero-order valence-electron chi connectivity index (χ0n) is 37.0. The zero-order chi connectivity index (χ0) is 41.7. The Morgan fingerprint density at radius 2 is 1.53 bits per heavy atom. The third kappa shape index (κ3) is 8.31. The predicted molar refractivity (Wildman–Crippen MR) is 227 cm³/mol. The van der Waals surface area contributed by atoms with Crippen molar-refractivity contribution >= 4 is 23.6 Å². The van der Waals surface area contributed by atoms with E-state index in [-0.39, 0.29) is 57.9 Å². The molecule has 11 nitrogen and oxygen atoms in total. The Kier molecular flexibility index (Phi) is 12.7. The SMILES string of the molecule is C=C(C(=O)NC1CC1)[C@H](CCC)NC(=O)[C@@H]1C[C@@]2(CN1C(=O)[C@@H](NC(=O)C(NC(=C)[C@@H]1CN(C)CCN1C(C)C)C1CCCCC1)C(C)(C)C)C(C)(C)C21CCC1. The monoisotopic (exact) mass is 792 g/mol. The van der Waals surface area contributed by atoms with E-state index in [2.05, 4.69) is 79.0 Å². The van der Waals surface area contributed by atoms with Gasteiger partial charge in [-0.2, -0.15) is 0 Å². The fourth-order valence-electron chi connectivity index (χ4n) is 11.7. The highest BCUT2D eigenvalue weighted by Gasteiger charge is 2.85. The smallest absolute Gasteiger partial charge is 0.248 e. The first-order valence-electron chi connectivity index (χ1n) is 22.6. The number of amides is 4. The summed E-state index contributed by atoms with van der Waals surface area (Å²) in [7, 11) is 2.14. The molecule has 0 aromatic heterocycles. The minimum Gasteiger partial charge on any atom is -0.376 e. The van der Waals surface area contributed by atoms with E-state index in [0.29, 0.717) is 31.0 Å². The molecule has 0 radical (unpaired) electrons. The summed E-state index contributed by atoms with van der Waals surface area (Å²) in [4.78, 5) is 64.5. The standard InChI is InChI=1S/C46H77N7O4/c1-12-17-34(30(4)39(54)48-33-20-21-33)49-40(55)35-26-46(44(9,10)45(46)22-16-23-45)28-53(35)42(57)38(43(6,7)8)50-41(56)37(32-18-14-13-15-19-32)47-31(5)36-27-51(11)24-25-52(36)29(2)3/h29,32-38,47H,4-5,12-28H2,1-3,6-11H3,(H,48,54)(H,49,55)(H,50,56)/t34-,35-,36-,37?,38+,46+/m0/s1. The molecule has 4 aliphatic carbocycles.